The molecular formula is C11H12N2O3S. The van der Waals surface area contributed by atoms with Gasteiger partial charge in [0.1, 0.15) is 5.76 Å². The Kier molecular flexibility index (Phi) is 2.97. The van der Waals surface area contributed by atoms with Crippen molar-refractivity contribution < 1.29 is 14.0 Å². The van der Waals surface area contributed by atoms with E-state index in [1.54, 1.807) is 12.1 Å². The van der Waals surface area contributed by atoms with Crippen molar-refractivity contribution in [3.8, 4) is 0 Å². The van der Waals surface area contributed by atoms with Gasteiger partial charge in [-0.25, -0.2) is 0 Å². The molecule has 0 atom stereocenters. The number of hydrogen-bond donors (Lipinski definition) is 0. The van der Waals surface area contributed by atoms with Crippen molar-refractivity contribution >= 4 is 34.9 Å². The van der Waals surface area contributed by atoms with Gasteiger partial charge in [0.15, 0.2) is 5.88 Å². The van der Waals surface area contributed by atoms with Crippen molar-refractivity contribution in [3.63, 3.8) is 0 Å². The summed E-state index contributed by atoms with van der Waals surface area (Å²) in [7, 11) is 5.19. The number of hydrogen-bond acceptors (Lipinski definition) is 5. The third kappa shape index (κ3) is 2.21. The molecule has 1 aliphatic heterocycles. The Bertz CT molecular complexity index is 505. The SMILES string of the molecule is CN1C(=O)S/C(=C\c2ccc(N(C)C)o2)C1=O. The van der Waals surface area contributed by atoms with Gasteiger partial charge in [-0.1, -0.05) is 0 Å². The van der Waals surface area contributed by atoms with E-state index in [1.165, 1.54) is 7.05 Å². The highest BCUT2D eigenvalue weighted by Crippen LogP contribution is 2.31. The summed E-state index contributed by atoms with van der Waals surface area (Å²) in [6.45, 7) is 0. The Morgan fingerprint density at radius 2 is 2.06 bits per heavy atom. The molecule has 0 bridgehead atoms. The van der Waals surface area contributed by atoms with Crippen LogP contribution in [0.3, 0.4) is 0 Å². The van der Waals surface area contributed by atoms with Gasteiger partial charge >= 0.3 is 0 Å². The smallest absolute Gasteiger partial charge is 0.293 e. The zero-order valence-corrected chi connectivity index (χ0v) is 10.6. The Morgan fingerprint density at radius 3 is 2.53 bits per heavy atom. The number of amides is 2. The number of rotatable bonds is 2. The fraction of sp³-hybridized carbons (Fsp3) is 0.273. The summed E-state index contributed by atoms with van der Waals surface area (Å²) in [5.41, 5.74) is 0. The lowest BCUT2D eigenvalue weighted by Gasteiger charge is -2.05. The van der Waals surface area contributed by atoms with Gasteiger partial charge in [0, 0.05) is 33.3 Å². The number of carbonyl (C=O) groups excluding carboxylic acids is 2. The molecule has 5 nitrogen and oxygen atoms in total. The van der Waals surface area contributed by atoms with Crippen LogP contribution in [-0.2, 0) is 4.79 Å². The Hall–Kier alpha value is -1.69. The summed E-state index contributed by atoms with van der Waals surface area (Å²) in [5.74, 6) is 0.974. The van der Waals surface area contributed by atoms with Crippen LogP contribution < -0.4 is 4.90 Å². The first kappa shape index (κ1) is 11.8. The lowest BCUT2D eigenvalue weighted by molar-refractivity contribution is -0.121. The van der Waals surface area contributed by atoms with Gasteiger partial charge in [0.25, 0.3) is 11.1 Å². The maximum atomic E-state index is 11.6. The monoisotopic (exact) mass is 252 g/mol. The first-order valence-electron chi connectivity index (χ1n) is 4.98. The van der Waals surface area contributed by atoms with E-state index < -0.39 is 0 Å². The zero-order chi connectivity index (χ0) is 12.6. The van der Waals surface area contributed by atoms with Crippen molar-refractivity contribution in [2.45, 2.75) is 0 Å². The first-order valence-corrected chi connectivity index (χ1v) is 5.79. The Morgan fingerprint density at radius 1 is 1.35 bits per heavy atom. The van der Waals surface area contributed by atoms with Crippen LogP contribution in [0.25, 0.3) is 6.08 Å². The van der Waals surface area contributed by atoms with Crippen molar-refractivity contribution in [1.82, 2.24) is 4.90 Å². The second-order valence-corrected chi connectivity index (χ2v) is 4.80. The maximum Gasteiger partial charge on any atom is 0.293 e. The molecule has 0 saturated carbocycles. The molecule has 1 fully saturated rings. The predicted molar refractivity (Wildman–Crippen MR) is 66.8 cm³/mol. The van der Waals surface area contributed by atoms with Crippen molar-refractivity contribution in [2.75, 3.05) is 26.0 Å². The number of imide groups is 1. The molecule has 1 aromatic heterocycles. The van der Waals surface area contributed by atoms with Crippen LogP contribution in [0, 0.1) is 0 Å². The quantitative estimate of drug-likeness (QED) is 0.754. The van der Waals surface area contributed by atoms with Crippen molar-refractivity contribution in [3.05, 3.63) is 22.8 Å². The van der Waals surface area contributed by atoms with E-state index in [1.807, 2.05) is 25.1 Å². The third-order valence-electron chi connectivity index (χ3n) is 2.31. The number of nitrogens with zero attached hydrogens (tertiary/aromatic N) is 2. The molecule has 6 heteroatoms. The van der Waals surface area contributed by atoms with Crippen LogP contribution in [-0.4, -0.2) is 37.2 Å². The maximum absolute atomic E-state index is 11.6. The minimum Gasteiger partial charge on any atom is -0.441 e. The summed E-state index contributed by atoms with van der Waals surface area (Å²) in [4.78, 5) is 26.2. The highest BCUT2D eigenvalue weighted by atomic mass is 32.2. The van der Waals surface area contributed by atoms with E-state index >= 15 is 0 Å². The van der Waals surface area contributed by atoms with E-state index in [0.717, 1.165) is 16.7 Å². The highest BCUT2D eigenvalue weighted by Gasteiger charge is 2.32. The molecule has 0 unspecified atom stereocenters. The summed E-state index contributed by atoms with van der Waals surface area (Å²) < 4.78 is 5.48. The predicted octanol–water partition coefficient (Wildman–Crippen LogP) is 2.01. The molecule has 2 amide bonds. The Balaban J connectivity index is 2.25. The van der Waals surface area contributed by atoms with Gasteiger partial charge in [-0.05, 0) is 17.8 Å². The number of furan rings is 1. The van der Waals surface area contributed by atoms with Crippen LogP contribution in [0.5, 0.6) is 0 Å². The Labute approximate surface area is 103 Å². The molecule has 1 aromatic rings. The molecule has 1 saturated heterocycles. The lowest BCUT2D eigenvalue weighted by atomic mass is 10.3. The standard InChI is InChI=1S/C11H12N2O3S/c1-12(2)9-5-4-7(16-9)6-8-10(14)13(3)11(15)17-8/h4-6H,1-3H3/b8-6-. The zero-order valence-electron chi connectivity index (χ0n) is 9.76. The molecule has 0 N–H and O–H groups in total. The summed E-state index contributed by atoms with van der Waals surface area (Å²) in [5, 5.41) is -0.263. The van der Waals surface area contributed by atoms with Gasteiger partial charge in [-0.2, -0.15) is 0 Å². The molecule has 0 radical (unpaired) electrons. The summed E-state index contributed by atoms with van der Waals surface area (Å²) in [6.07, 6.45) is 1.58. The molecule has 2 heterocycles. The van der Waals surface area contributed by atoms with Gasteiger partial charge in [0.05, 0.1) is 4.91 Å². The molecule has 0 aliphatic carbocycles. The molecule has 0 spiro atoms. The van der Waals surface area contributed by atoms with E-state index in [4.69, 9.17) is 4.42 Å². The highest BCUT2D eigenvalue weighted by molar-refractivity contribution is 8.18. The van der Waals surface area contributed by atoms with Crippen LogP contribution >= 0.6 is 11.8 Å². The summed E-state index contributed by atoms with van der Waals surface area (Å²) >= 11 is 0.919. The van der Waals surface area contributed by atoms with E-state index in [0.29, 0.717) is 16.5 Å². The van der Waals surface area contributed by atoms with Gasteiger partial charge < -0.3 is 9.32 Å². The number of carbonyl (C=O) groups is 2. The molecule has 0 aromatic carbocycles. The van der Waals surface area contributed by atoms with Gasteiger partial charge in [0.2, 0.25) is 0 Å². The third-order valence-corrected chi connectivity index (χ3v) is 3.27. The van der Waals surface area contributed by atoms with E-state index in [2.05, 4.69) is 0 Å². The van der Waals surface area contributed by atoms with Crippen molar-refractivity contribution in [2.24, 2.45) is 0 Å². The lowest BCUT2D eigenvalue weighted by Crippen LogP contribution is -2.22. The molecule has 90 valence electrons. The van der Waals surface area contributed by atoms with Crippen LogP contribution in [0.4, 0.5) is 10.7 Å². The first-order chi connectivity index (χ1) is 7.99. The topological polar surface area (TPSA) is 53.8 Å². The summed E-state index contributed by atoms with van der Waals surface area (Å²) in [6, 6.07) is 3.57. The van der Waals surface area contributed by atoms with Gasteiger partial charge in [-0.3, -0.25) is 14.5 Å². The number of thioether (sulfide) groups is 1. The number of anilines is 1. The minimum absolute atomic E-state index is 0.263. The fourth-order valence-electron chi connectivity index (χ4n) is 1.33. The molecule has 17 heavy (non-hydrogen) atoms. The molecular weight excluding hydrogens is 240 g/mol. The average Bonchev–Trinajstić information content (AvgIpc) is 2.82. The molecule has 2 rings (SSSR count). The largest absolute Gasteiger partial charge is 0.441 e. The normalized spacial score (nSPS) is 18.3. The van der Waals surface area contributed by atoms with E-state index in [-0.39, 0.29) is 11.1 Å². The van der Waals surface area contributed by atoms with Gasteiger partial charge in [-0.15, -0.1) is 0 Å². The molecule has 1 aliphatic rings. The van der Waals surface area contributed by atoms with E-state index in [9.17, 15) is 9.59 Å². The van der Waals surface area contributed by atoms with Crippen LogP contribution in [0.15, 0.2) is 21.5 Å². The van der Waals surface area contributed by atoms with Crippen molar-refractivity contribution in [1.29, 1.82) is 0 Å². The van der Waals surface area contributed by atoms with Crippen LogP contribution in [0.1, 0.15) is 5.76 Å². The van der Waals surface area contributed by atoms with Crippen LogP contribution in [0.2, 0.25) is 0 Å². The average molecular weight is 252 g/mol. The number of likely N-dealkylation sites (N-methyl/N-ethyl adjacent to an activating group) is 1. The fourth-order valence-corrected chi connectivity index (χ4v) is 2.14. The second kappa shape index (κ2) is 4.29. The second-order valence-electron chi connectivity index (χ2n) is 3.81. The minimum atomic E-state index is -0.289.